The molecule has 0 aromatic carbocycles. The summed E-state index contributed by atoms with van der Waals surface area (Å²) >= 11 is 0. The number of nitriles is 1. The van der Waals surface area contributed by atoms with Gasteiger partial charge < -0.3 is 9.64 Å². The highest BCUT2D eigenvalue weighted by atomic mass is 16.5. The van der Waals surface area contributed by atoms with Gasteiger partial charge in [-0.1, -0.05) is 6.92 Å². The number of carbonyl (C=O) groups is 1. The molecule has 5 atom stereocenters. The van der Waals surface area contributed by atoms with Crippen LogP contribution in [0.2, 0.25) is 0 Å². The van der Waals surface area contributed by atoms with E-state index in [0.717, 1.165) is 26.2 Å². The maximum absolute atomic E-state index is 12.7. The molecule has 0 radical (unpaired) electrons. The Labute approximate surface area is 121 Å². The van der Waals surface area contributed by atoms with Crippen LogP contribution in [0.15, 0.2) is 0 Å². The van der Waals surface area contributed by atoms with E-state index in [9.17, 15) is 4.79 Å². The largest absolute Gasteiger partial charge is 0.374 e. The van der Waals surface area contributed by atoms with Crippen LogP contribution in [-0.4, -0.2) is 60.1 Å². The van der Waals surface area contributed by atoms with Gasteiger partial charge in [-0.2, -0.15) is 5.26 Å². The number of hydrogen-bond donors (Lipinski definition) is 0. The molecule has 0 aromatic rings. The van der Waals surface area contributed by atoms with Crippen LogP contribution >= 0.6 is 0 Å². The Morgan fingerprint density at radius 3 is 2.25 bits per heavy atom. The molecule has 20 heavy (non-hydrogen) atoms. The minimum atomic E-state index is -0.0695. The zero-order valence-electron chi connectivity index (χ0n) is 12.9. The molecule has 0 aliphatic carbocycles. The third-order valence-electron chi connectivity index (χ3n) is 4.89. The van der Waals surface area contributed by atoms with Crippen LogP contribution in [0.4, 0.5) is 0 Å². The average Bonchev–Trinajstić information content (AvgIpc) is 2.71. The molecule has 0 saturated carbocycles. The van der Waals surface area contributed by atoms with E-state index in [1.807, 2.05) is 25.7 Å². The fraction of sp³-hybridized carbons (Fsp3) is 0.867. The van der Waals surface area contributed by atoms with Gasteiger partial charge in [-0.05, 0) is 26.7 Å². The molecular formula is C15H25N3O2. The Hall–Kier alpha value is -1.12. The zero-order chi connectivity index (χ0) is 14.9. The fourth-order valence-electron chi connectivity index (χ4n) is 3.31. The lowest BCUT2D eigenvalue weighted by Gasteiger charge is -2.37. The summed E-state index contributed by atoms with van der Waals surface area (Å²) in [5.41, 5.74) is 0. The summed E-state index contributed by atoms with van der Waals surface area (Å²) in [5.74, 6) is 0.470. The van der Waals surface area contributed by atoms with Gasteiger partial charge in [0.1, 0.15) is 0 Å². The van der Waals surface area contributed by atoms with Gasteiger partial charge in [0, 0.05) is 26.2 Å². The number of amides is 1. The van der Waals surface area contributed by atoms with E-state index in [1.165, 1.54) is 0 Å². The third-order valence-corrected chi connectivity index (χ3v) is 4.89. The van der Waals surface area contributed by atoms with Crippen molar-refractivity contribution in [3.8, 4) is 6.07 Å². The molecule has 2 saturated heterocycles. The first kappa shape index (κ1) is 15.3. The lowest BCUT2D eigenvalue weighted by molar-refractivity contribution is -0.139. The highest BCUT2D eigenvalue weighted by Gasteiger charge is 2.43. The quantitative estimate of drug-likeness (QED) is 0.759. The Balaban J connectivity index is 1.94. The lowest BCUT2D eigenvalue weighted by Crippen LogP contribution is -2.53. The Kier molecular flexibility index (Phi) is 4.66. The third kappa shape index (κ3) is 2.82. The summed E-state index contributed by atoms with van der Waals surface area (Å²) in [6, 6.07) is 2.19. The van der Waals surface area contributed by atoms with E-state index in [0.29, 0.717) is 0 Å². The monoisotopic (exact) mass is 279 g/mol. The normalized spacial score (nSPS) is 36.6. The first-order chi connectivity index (χ1) is 9.45. The molecule has 0 N–H and O–H groups in total. The number of carbonyl (C=O) groups excluding carboxylic acids is 1. The van der Waals surface area contributed by atoms with E-state index >= 15 is 0 Å². The van der Waals surface area contributed by atoms with Crippen molar-refractivity contribution in [1.82, 2.24) is 9.80 Å². The van der Waals surface area contributed by atoms with Crippen molar-refractivity contribution in [3.05, 3.63) is 0 Å². The molecule has 2 aliphatic heterocycles. The summed E-state index contributed by atoms with van der Waals surface area (Å²) in [5, 5.41) is 8.94. The second-order valence-electron chi connectivity index (χ2n) is 6.10. The SMILES string of the molecule is CC1OC(C)C(C(=O)N2CCN(C(C)C#N)CC2)C1C. The second kappa shape index (κ2) is 6.11. The van der Waals surface area contributed by atoms with Crippen LogP contribution in [-0.2, 0) is 9.53 Å². The predicted molar refractivity (Wildman–Crippen MR) is 75.9 cm³/mol. The minimum Gasteiger partial charge on any atom is -0.374 e. The minimum absolute atomic E-state index is 0.00330. The molecule has 5 nitrogen and oxygen atoms in total. The van der Waals surface area contributed by atoms with Crippen LogP contribution < -0.4 is 0 Å². The molecule has 112 valence electrons. The molecular weight excluding hydrogens is 254 g/mol. The molecule has 0 spiro atoms. The maximum atomic E-state index is 12.7. The molecule has 2 aliphatic rings. The number of nitrogens with zero attached hydrogens (tertiary/aromatic N) is 3. The second-order valence-corrected chi connectivity index (χ2v) is 6.10. The van der Waals surface area contributed by atoms with Crippen LogP contribution in [0.3, 0.4) is 0 Å². The highest BCUT2D eigenvalue weighted by molar-refractivity contribution is 5.80. The fourth-order valence-corrected chi connectivity index (χ4v) is 3.31. The molecule has 0 bridgehead atoms. The summed E-state index contributed by atoms with van der Waals surface area (Å²) in [7, 11) is 0. The van der Waals surface area contributed by atoms with Crippen LogP contribution in [0, 0.1) is 23.2 Å². The van der Waals surface area contributed by atoms with Crippen LogP contribution in [0.25, 0.3) is 0 Å². The van der Waals surface area contributed by atoms with Gasteiger partial charge in [0.2, 0.25) is 5.91 Å². The van der Waals surface area contributed by atoms with E-state index in [-0.39, 0.29) is 36.0 Å². The summed E-state index contributed by atoms with van der Waals surface area (Å²) in [6.45, 7) is 11.1. The summed E-state index contributed by atoms with van der Waals surface area (Å²) in [4.78, 5) is 16.7. The van der Waals surface area contributed by atoms with E-state index in [1.54, 1.807) is 0 Å². The Bertz CT molecular complexity index is 398. The van der Waals surface area contributed by atoms with Gasteiger partial charge in [-0.15, -0.1) is 0 Å². The molecule has 5 unspecified atom stereocenters. The number of ether oxygens (including phenoxy) is 1. The Morgan fingerprint density at radius 1 is 1.20 bits per heavy atom. The first-order valence-electron chi connectivity index (χ1n) is 7.53. The van der Waals surface area contributed by atoms with Crippen molar-refractivity contribution in [2.24, 2.45) is 11.8 Å². The number of hydrogen-bond acceptors (Lipinski definition) is 4. The molecule has 2 heterocycles. The number of piperazine rings is 1. The van der Waals surface area contributed by atoms with Gasteiger partial charge in [-0.25, -0.2) is 0 Å². The molecule has 1 amide bonds. The molecule has 2 rings (SSSR count). The van der Waals surface area contributed by atoms with Crippen molar-refractivity contribution in [3.63, 3.8) is 0 Å². The Morgan fingerprint density at radius 2 is 1.80 bits per heavy atom. The van der Waals surface area contributed by atoms with E-state index in [4.69, 9.17) is 10.00 Å². The van der Waals surface area contributed by atoms with Gasteiger partial charge in [0.05, 0.1) is 30.2 Å². The average molecular weight is 279 g/mol. The summed E-state index contributed by atoms with van der Waals surface area (Å²) < 4.78 is 5.77. The summed E-state index contributed by atoms with van der Waals surface area (Å²) in [6.07, 6.45) is 0.155. The number of rotatable bonds is 2. The van der Waals surface area contributed by atoms with Crippen LogP contribution in [0.1, 0.15) is 27.7 Å². The van der Waals surface area contributed by atoms with Gasteiger partial charge in [0.25, 0.3) is 0 Å². The first-order valence-corrected chi connectivity index (χ1v) is 7.53. The standard InChI is InChI=1S/C15H25N3O2/c1-10(9-16)17-5-7-18(8-6-17)15(19)14-11(2)12(3)20-13(14)4/h10-14H,5-8H2,1-4H3. The molecule has 5 heteroatoms. The van der Waals surface area contributed by atoms with Crippen molar-refractivity contribution >= 4 is 5.91 Å². The smallest absolute Gasteiger partial charge is 0.228 e. The zero-order valence-corrected chi connectivity index (χ0v) is 12.9. The lowest BCUT2D eigenvalue weighted by atomic mass is 9.88. The van der Waals surface area contributed by atoms with Crippen molar-refractivity contribution < 1.29 is 9.53 Å². The molecule has 0 aromatic heterocycles. The topological polar surface area (TPSA) is 56.6 Å². The van der Waals surface area contributed by atoms with Gasteiger partial charge in [-0.3, -0.25) is 9.69 Å². The maximum Gasteiger partial charge on any atom is 0.228 e. The van der Waals surface area contributed by atoms with E-state index in [2.05, 4.69) is 17.9 Å². The predicted octanol–water partition coefficient (Wildman–Crippen LogP) is 1.10. The van der Waals surface area contributed by atoms with Gasteiger partial charge >= 0.3 is 0 Å². The molecule has 2 fully saturated rings. The van der Waals surface area contributed by atoms with Crippen LogP contribution in [0.5, 0.6) is 0 Å². The van der Waals surface area contributed by atoms with Crippen molar-refractivity contribution in [2.45, 2.75) is 45.9 Å². The highest BCUT2D eigenvalue weighted by Crippen LogP contribution is 2.33. The van der Waals surface area contributed by atoms with Gasteiger partial charge in [0.15, 0.2) is 0 Å². The van der Waals surface area contributed by atoms with E-state index < -0.39 is 0 Å². The van der Waals surface area contributed by atoms with Crippen molar-refractivity contribution in [1.29, 1.82) is 5.26 Å². The van der Waals surface area contributed by atoms with Crippen molar-refractivity contribution in [2.75, 3.05) is 26.2 Å².